The first kappa shape index (κ1) is 13.2. The van der Waals surface area contributed by atoms with Gasteiger partial charge in [-0.2, -0.15) is 0 Å². The Morgan fingerprint density at radius 2 is 2.06 bits per heavy atom. The van der Waals surface area contributed by atoms with E-state index in [4.69, 9.17) is 4.74 Å². The lowest BCUT2D eigenvalue weighted by atomic mass is 10.2. The molecule has 5 nitrogen and oxygen atoms in total. The number of benzene rings is 1. The smallest absolute Gasteiger partial charge is 0.229 e. The lowest BCUT2D eigenvalue weighted by molar-refractivity contribution is 0.120. The number of ether oxygens (including phenoxy) is 1. The van der Waals surface area contributed by atoms with Gasteiger partial charge in [0.25, 0.3) is 0 Å². The number of nitrogens with one attached hydrogen (secondary N) is 2. The van der Waals surface area contributed by atoms with Crippen LogP contribution in [-0.4, -0.2) is 33.9 Å². The Morgan fingerprint density at radius 1 is 1.33 bits per heavy atom. The second-order valence-electron chi connectivity index (χ2n) is 4.44. The molecule has 1 saturated heterocycles. The van der Waals surface area contributed by atoms with Crippen molar-refractivity contribution in [2.45, 2.75) is 18.9 Å². The van der Waals surface area contributed by atoms with Crippen LogP contribution in [0.2, 0.25) is 0 Å². The summed E-state index contributed by atoms with van der Waals surface area (Å²) < 4.78 is 30.5. The zero-order chi connectivity index (χ0) is 13.0. The minimum Gasteiger partial charge on any atom is -0.381 e. The molecule has 0 aromatic heterocycles. The molecule has 1 aliphatic heterocycles. The van der Waals surface area contributed by atoms with E-state index in [0.29, 0.717) is 12.2 Å². The Labute approximate surface area is 108 Å². The summed E-state index contributed by atoms with van der Waals surface area (Å²) in [5.74, 6) is 0. The first-order valence-electron chi connectivity index (χ1n) is 5.97. The fourth-order valence-corrected chi connectivity index (χ4v) is 2.53. The molecular weight excluding hydrogens is 252 g/mol. The molecular formula is C12H18N2O3S. The van der Waals surface area contributed by atoms with E-state index < -0.39 is 10.0 Å². The van der Waals surface area contributed by atoms with Gasteiger partial charge in [0.15, 0.2) is 0 Å². The Kier molecular flexibility index (Phi) is 4.08. The highest BCUT2D eigenvalue weighted by atomic mass is 32.2. The molecule has 0 aliphatic carbocycles. The van der Waals surface area contributed by atoms with Crippen molar-refractivity contribution in [1.82, 2.24) is 0 Å². The van der Waals surface area contributed by atoms with Crippen LogP contribution in [0.5, 0.6) is 0 Å². The molecule has 1 aromatic carbocycles. The van der Waals surface area contributed by atoms with Gasteiger partial charge in [0.1, 0.15) is 0 Å². The number of rotatable bonds is 5. The van der Waals surface area contributed by atoms with E-state index in [2.05, 4.69) is 10.0 Å². The molecule has 1 unspecified atom stereocenters. The highest BCUT2D eigenvalue weighted by Gasteiger charge is 2.15. The second-order valence-corrected chi connectivity index (χ2v) is 6.18. The Balaban J connectivity index is 2.02. The number of anilines is 2. The van der Waals surface area contributed by atoms with Crippen LogP contribution in [0.3, 0.4) is 0 Å². The highest BCUT2D eigenvalue weighted by Crippen LogP contribution is 2.22. The maximum atomic E-state index is 11.2. The molecule has 1 aromatic rings. The molecule has 0 bridgehead atoms. The fourth-order valence-electron chi connectivity index (χ4n) is 1.96. The summed E-state index contributed by atoms with van der Waals surface area (Å²) in [4.78, 5) is 0. The number of hydrogen-bond acceptors (Lipinski definition) is 4. The zero-order valence-corrected chi connectivity index (χ0v) is 11.2. The molecule has 18 heavy (non-hydrogen) atoms. The molecule has 1 heterocycles. The van der Waals surface area contributed by atoms with E-state index >= 15 is 0 Å². The van der Waals surface area contributed by atoms with Crippen LogP contribution in [0.4, 0.5) is 11.4 Å². The first-order chi connectivity index (χ1) is 8.54. The molecule has 2 N–H and O–H groups in total. The Bertz CT molecular complexity index is 496. The summed E-state index contributed by atoms with van der Waals surface area (Å²) in [7, 11) is -3.26. The van der Waals surface area contributed by atoms with Crippen molar-refractivity contribution in [2.75, 3.05) is 29.4 Å². The standard InChI is InChI=1S/C12H18N2O3S/c1-18(15,16)14-12-7-3-2-6-11(12)13-9-10-5-4-8-17-10/h2-3,6-7,10,13-14H,4-5,8-9H2,1H3. The van der Waals surface area contributed by atoms with Crippen LogP contribution in [0, 0.1) is 0 Å². The van der Waals surface area contributed by atoms with Gasteiger partial charge in [-0.25, -0.2) is 8.42 Å². The third-order valence-electron chi connectivity index (χ3n) is 2.77. The van der Waals surface area contributed by atoms with E-state index in [1.165, 1.54) is 0 Å². The maximum absolute atomic E-state index is 11.2. The molecule has 1 fully saturated rings. The van der Waals surface area contributed by atoms with E-state index in [1.54, 1.807) is 12.1 Å². The average molecular weight is 270 g/mol. The van der Waals surface area contributed by atoms with E-state index in [0.717, 1.165) is 31.4 Å². The maximum Gasteiger partial charge on any atom is 0.229 e. The summed E-state index contributed by atoms with van der Waals surface area (Å²) in [6, 6.07) is 7.25. The van der Waals surface area contributed by atoms with Gasteiger partial charge in [-0.15, -0.1) is 0 Å². The van der Waals surface area contributed by atoms with Crippen LogP contribution in [-0.2, 0) is 14.8 Å². The highest BCUT2D eigenvalue weighted by molar-refractivity contribution is 7.92. The molecule has 2 rings (SSSR count). The summed E-state index contributed by atoms with van der Waals surface area (Å²) in [6.07, 6.45) is 3.50. The quantitative estimate of drug-likeness (QED) is 0.853. The molecule has 100 valence electrons. The topological polar surface area (TPSA) is 67.4 Å². The molecule has 0 amide bonds. The van der Waals surface area contributed by atoms with Crippen molar-refractivity contribution >= 4 is 21.4 Å². The Morgan fingerprint density at radius 3 is 2.67 bits per heavy atom. The van der Waals surface area contributed by atoms with Crippen molar-refractivity contribution in [3.05, 3.63) is 24.3 Å². The zero-order valence-electron chi connectivity index (χ0n) is 10.3. The Hall–Kier alpha value is -1.27. The van der Waals surface area contributed by atoms with Crippen molar-refractivity contribution in [3.8, 4) is 0 Å². The molecule has 6 heteroatoms. The SMILES string of the molecule is CS(=O)(=O)Nc1ccccc1NCC1CCCO1. The van der Waals surface area contributed by atoms with Gasteiger partial charge in [-0.05, 0) is 25.0 Å². The van der Waals surface area contributed by atoms with Gasteiger partial charge in [-0.1, -0.05) is 12.1 Å². The predicted molar refractivity (Wildman–Crippen MR) is 72.4 cm³/mol. The minimum atomic E-state index is -3.26. The van der Waals surface area contributed by atoms with Gasteiger partial charge in [0.05, 0.1) is 23.7 Å². The van der Waals surface area contributed by atoms with Gasteiger partial charge in [-0.3, -0.25) is 4.72 Å². The second kappa shape index (κ2) is 5.58. The summed E-state index contributed by atoms with van der Waals surface area (Å²) in [5.41, 5.74) is 1.34. The average Bonchev–Trinajstić information content (AvgIpc) is 2.79. The lowest BCUT2D eigenvalue weighted by Crippen LogP contribution is -2.19. The molecule has 0 radical (unpaired) electrons. The fraction of sp³-hybridized carbons (Fsp3) is 0.500. The summed E-state index contributed by atoms with van der Waals surface area (Å²) >= 11 is 0. The van der Waals surface area contributed by atoms with Crippen LogP contribution in [0.15, 0.2) is 24.3 Å². The largest absolute Gasteiger partial charge is 0.381 e. The van der Waals surface area contributed by atoms with Crippen molar-refractivity contribution in [3.63, 3.8) is 0 Å². The molecule has 1 atom stereocenters. The van der Waals surface area contributed by atoms with Crippen LogP contribution >= 0.6 is 0 Å². The van der Waals surface area contributed by atoms with Crippen LogP contribution in [0.1, 0.15) is 12.8 Å². The summed E-state index contributed by atoms with van der Waals surface area (Å²) in [5, 5.41) is 3.23. The van der Waals surface area contributed by atoms with Gasteiger partial charge >= 0.3 is 0 Å². The van der Waals surface area contributed by atoms with Gasteiger partial charge < -0.3 is 10.1 Å². The third-order valence-corrected chi connectivity index (χ3v) is 3.36. The molecule has 0 spiro atoms. The predicted octanol–water partition coefficient (Wildman–Crippen LogP) is 1.65. The number of sulfonamides is 1. The van der Waals surface area contributed by atoms with Crippen molar-refractivity contribution in [1.29, 1.82) is 0 Å². The lowest BCUT2D eigenvalue weighted by Gasteiger charge is -2.15. The number of hydrogen-bond donors (Lipinski definition) is 2. The molecule has 1 aliphatic rings. The van der Waals surface area contributed by atoms with Crippen LogP contribution < -0.4 is 10.0 Å². The van der Waals surface area contributed by atoms with E-state index in [1.807, 2.05) is 12.1 Å². The summed E-state index contributed by atoms with van der Waals surface area (Å²) in [6.45, 7) is 1.51. The van der Waals surface area contributed by atoms with Gasteiger partial charge in [0.2, 0.25) is 10.0 Å². The van der Waals surface area contributed by atoms with E-state index in [9.17, 15) is 8.42 Å². The molecule has 0 saturated carbocycles. The van der Waals surface area contributed by atoms with Gasteiger partial charge in [0, 0.05) is 13.2 Å². The number of para-hydroxylation sites is 2. The minimum absolute atomic E-state index is 0.219. The van der Waals surface area contributed by atoms with Crippen molar-refractivity contribution in [2.24, 2.45) is 0 Å². The normalized spacial score (nSPS) is 19.7. The van der Waals surface area contributed by atoms with Crippen molar-refractivity contribution < 1.29 is 13.2 Å². The first-order valence-corrected chi connectivity index (χ1v) is 7.86. The third kappa shape index (κ3) is 3.89. The monoisotopic (exact) mass is 270 g/mol. The van der Waals surface area contributed by atoms with E-state index in [-0.39, 0.29) is 6.10 Å². The van der Waals surface area contributed by atoms with Crippen LogP contribution in [0.25, 0.3) is 0 Å².